The van der Waals surface area contributed by atoms with Crippen LogP contribution in [0.1, 0.15) is 11.1 Å². The molecule has 2 aromatic carbocycles. The van der Waals surface area contributed by atoms with Crippen molar-refractivity contribution >= 4 is 24.1 Å². The molecule has 5 nitrogen and oxygen atoms in total. The number of hydrogen-bond acceptors (Lipinski definition) is 3. The van der Waals surface area contributed by atoms with E-state index in [4.69, 9.17) is 15.3 Å². The number of aromatic hydroxyl groups is 1. The Morgan fingerprint density at radius 1 is 0.696 bits per heavy atom. The molecule has 0 heterocycles. The highest BCUT2D eigenvalue weighted by Crippen LogP contribution is 2.10. The summed E-state index contributed by atoms with van der Waals surface area (Å²) in [4.78, 5) is 20.2. The van der Waals surface area contributed by atoms with Crippen LogP contribution >= 0.6 is 0 Å². The SMILES string of the molecule is O=C(O)/C=C/c1ccc(O)cc1.O=C(O)C=Cc1ccccc1. The van der Waals surface area contributed by atoms with E-state index in [0.717, 1.165) is 23.3 Å². The first-order valence-corrected chi connectivity index (χ1v) is 6.63. The minimum Gasteiger partial charge on any atom is -0.508 e. The zero-order valence-electron chi connectivity index (χ0n) is 12.2. The van der Waals surface area contributed by atoms with Crippen molar-refractivity contribution in [3.05, 3.63) is 77.9 Å². The molecule has 0 bridgehead atoms. The second-order valence-electron chi connectivity index (χ2n) is 4.35. The summed E-state index contributed by atoms with van der Waals surface area (Å²) in [6.45, 7) is 0. The maximum atomic E-state index is 10.1. The van der Waals surface area contributed by atoms with Gasteiger partial charge in [0, 0.05) is 12.2 Å². The number of benzene rings is 2. The molecule has 0 radical (unpaired) electrons. The van der Waals surface area contributed by atoms with E-state index in [1.54, 1.807) is 18.2 Å². The van der Waals surface area contributed by atoms with Crippen LogP contribution in [0.4, 0.5) is 0 Å². The molecule has 2 aromatic rings. The van der Waals surface area contributed by atoms with Gasteiger partial charge in [-0.25, -0.2) is 9.59 Å². The van der Waals surface area contributed by atoms with Gasteiger partial charge in [-0.1, -0.05) is 42.5 Å². The van der Waals surface area contributed by atoms with E-state index < -0.39 is 11.9 Å². The average molecular weight is 312 g/mol. The van der Waals surface area contributed by atoms with E-state index in [1.165, 1.54) is 18.2 Å². The molecule has 0 saturated heterocycles. The van der Waals surface area contributed by atoms with E-state index in [1.807, 2.05) is 30.3 Å². The zero-order chi connectivity index (χ0) is 17.1. The average Bonchev–Trinajstić information content (AvgIpc) is 2.54. The Morgan fingerprint density at radius 2 is 1.13 bits per heavy atom. The van der Waals surface area contributed by atoms with Crippen LogP contribution < -0.4 is 0 Å². The number of aliphatic carboxylic acids is 2. The summed E-state index contributed by atoms with van der Waals surface area (Å²) in [7, 11) is 0. The largest absolute Gasteiger partial charge is 0.508 e. The van der Waals surface area contributed by atoms with Crippen molar-refractivity contribution in [2.24, 2.45) is 0 Å². The number of carbonyl (C=O) groups is 2. The van der Waals surface area contributed by atoms with Gasteiger partial charge in [-0.2, -0.15) is 0 Å². The molecule has 0 amide bonds. The van der Waals surface area contributed by atoms with Gasteiger partial charge in [0.15, 0.2) is 0 Å². The summed E-state index contributed by atoms with van der Waals surface area (Å²) in [6.07, 6.45) is 5.19. The van der Waals surface area contributed by atoms with Crippen molar-refractivity contribution in [3.63, 3.8) is 0 Å². The Bertz CT molecular complexity index is 685. The molecule has 0 saturated carbocycles. The highest BCUT2D eigenvalue weighted by Gasteiger charge is 1.89. The highest BCUT2D eigenvalue weighted by atomic mass is 16.4. The fourth-order valence-electron chi connectivity index (χ4n) is 1.48. The van der Waals surface area contributed by atoms with Crippen LogP contribution in [0.5, 0.6) is 5.75 Å². The fraction of sp³-hybridized carbons (Fsp3) is 0. The number of rotatable bonds is 4. The summed E-state index contributed by atoms with van der Waals surface area (Å²) < 4.78 is 0. The summed E-state index contributed by atoms with van der Waals surface area (Å²) in [5, 5.41) is 25.5. The standard InChI is InChI=1S/C9H8O3.C9H8O2/c10-8-4-1-7(2-5-8)3-6-9(11)12;10-9(11)7-6-8-4-2-1-3-5-8/h1-6,10H,(H,11,12);1-7H,(H,10,11)/b6-3+;. The van der Waals surface area contributed by atoms with Crippen molar-refractivity contribution < 1.29 is 24.9 Å². The zero-order valence-corrected chi connectivity index (χ0v) is 12.2. The molecule has 0 unspecified atom stereocenters. The van der Waals surface area contributed by atoms with Crippen LogP contribution in [0.25, 0.3) is 12.2 Å². The van der Waals surface area contributed by atoms with Crippen LogP contribution in [-0.2, 0) is 9.59 Å². The Hall–Kier alpha value is -3.34. The highest BCUT2D eigenvalue weighted by molar-refractivity contribution is 5.85. The third-order valence-electron chi connectivity index (χ3n) is 2.53. The smallest absolute Gasteiger partial charge is 0.328 e. The molecule has 5 heteroatoms. The van der Waals surface area contributed by atoms with Crippen molar-refractivity contribution in [1.29, 1.82) is 0 Å². The summed E-state index contributed by atoms with van der Waals surface area (Å²) in [5.41, 5.74) is 1.64. The predicted molar refractivity (Wildman–Crippen MR) is 87.9 cm³/mol. The lowest BCUT2D eigenvalue weighted by Crippen LogP contribution is -1.85. The Balaban J connectivity index is 0.000000231. The van der Waals surface area contributed by atoms with E-state index >= 15 is 0 Å². The van der Waals surface area contributed by atoms with E-state index in [9.17, 15) is 9.59 Å². The van der Waals surface area contributed by atoms with Gasteiger partial charge in [-0.05, 0) is 35.4 Å². The summed E-state index contributed by atoms with van der Waals surface area (Å²) >= 11 is 0. The lowest BCUT2D eigenvalue weighted by Gasteiger charge is -1.92. The van der Waals surface area contributed by atoms with Gasteiger partial charge in [0.1, 0.15) is 5.75 Å². The molecule has 0 aliphatic heterocycles. The first-order chi connectivity index (χ1) is 11.0. The summed E-state index contributed by atoms with van der Waals surface area (Å²) in [5.74, 6) is -1.74. The van der Waals surface area contributed by atoms with Gasteiger partial charge in [0.25, 0.3) is 0 Å². The predicted octanol–water partition coefficient (Wildman–Crippen LogP) is 3.27. The lowest BCUT2D eigenvalue weighted by atomic mass is 10.2. The number of carboxylic acid groups (broad SMARTS) is 2. The topological polar surface area (TPSA) is 94.8 Å². The molecule has 0 aromatic heterocycles. The first kappa shape index (κ1) is 17.7. The Morgan fingerprint density at radius 3 is 1.57 bits per heavy atom. The van der Waals surface area contributed by atoms with Crippen LogP contribution in [-0.4, -0.2) is 27.3 Å². The van der Waals surface area contributed by atoms with Crippen LogP contribution in [0.3, 0.4) is 0 Å². The lowest BCUT2D eigenvalue weighted by molar-refractivity contribution is -0.132. The molecule has 0 aliphatic carbocycles. The molecule has 118 valence electrons. The first-order valence-electron chi connectivity index (χ1n) is 6.63. The van der Waals surface area contributed by atoms with Crippen molar-refractivity contribution in [2.45, 2.75) is 0 Å². The molecule has 0 aliphatic rings. The molecule has 2 rings (SSSR count). The molecular formula is C18H16O5. The second kappa shape index (κ2) is 9.57. The van der Waals surface area contributed by atoms with Gasteiger partial charge < -0.3 is 15.3 Å². The van der Waals surface area contributed by atoms with Crippen molar-refractivity contribution in [1.82, 2.24) is 0 Å². The number of carboxylic acids is 2. The normalized spacial score (nSPS) is 10.3. The quantitative estimate of drug-likeness (QED) is 0.753. The third-order valence-corrected chi connectivity index (χ3v) is 2.53. The van der Waals surface area contributed by atoms with Crippen molar-refractivity contribution in [3.8, 4) is 5.75 Å². The molecule has 0 spiro atoms. The van der Waals surface area contributed by atoms with Gasteiger partial charge in [-0.15, -0.1) is 0 Å². The van der Waals surface area contributed by atoms with Crippen LogP contribution in [0.15, 0.2) is 66.7 Å². The number of hydrogen-bond donors (Lipinski definition) is 3. The fourth-order valence-corrected chi connectivity index (χ4v) is 1.48. The van der Waals surface area contributed by atoms with E-state index in [-0.39, 0.29) is 5.75 Å². The Labute approximate surface area is 133 Å². The van der Waals surface area contributed by atoms with Gasteiger partial charge in [-0.3, -0.25) is 0 Å². The summed E-state index contributed by atoms with van der Waals surface area (Å²) in [6, 6.07) is 15.6. The molecule has 3 N–H and O–H groups in total. The maximum absolute atomic E-state index is 10.1. The minimum atomic E-state index is -0.983. The number of phenolic OH excluding ortho intramolecular Hbond substituents is 1. The van der Waals surface area contributed by atoms with Crippen molar-refractivity contribution in [2.75, 3.05) is 0 Å². The van der Waals surface area contributed by atoms with Gasteiger partial charge in [0.05, 0.1) is 0 Å². The number of phenols is 1. The maximum Gasteiger partial charge on any atom is 0.328 e. The molecule has 23 heavy (non-hydrogen) atoms. The molecular weight excluding hydrogens is 296 g/mol. The van der Waals surface area contributed by atoms with Gasteiger partial charge >= 0.3 is 11.9 Å². The second-order valence-corrected chi connectivity index (χ2v) is 4.35. The Kier molecular flexibility index (Phi) is 7.37. The molecule has 0 atom stereocenters. The third kappa shape index (κ3) is 8.52. The van der Waals surface area contributed by atoms with Crippen LogP contribution in [0.2, 0.25) is 0 Å². The van der Waals surface area contributed by atoms with E-state index in [2.05, 4.69) is 0 Å². The minimum absolute atomic E-state index is 0.169. The monoisotopic (exact) mass is 312 g/mol. The van der Waals surface area contributed by atoms with Crippen LogP contribution in [0, 0.1) is 0 Å². The van der Waals surface area contributed by atoms with E-state index in [0.29, 0.717) is 0 Å². The van der Waals surface area contributed by atoms with Gasteiger partial charge in [0.2, 0.25) is 0 Å². The molecule has 0 fully saturated rings.